The molecule has 1 aromatic rings. The molecule has 0 aromatic heterocycles. The highest BCUT2D eigenvalue weighted by atomic mass is 35.5. The minimum absolute atomic E-state index is 0.121. The van der Waals surface area contributed by atoms with Crippen LogP contribution >= 0.6 is 11.6 Å². The van der Waals surface area contributed by atoms with Crippen molar-refractivity contribution in [2.45, 2.75) is 18.9 Å². The maximum absolute atomic E-state index is 11.8. The maximum Gasteiger partial charge on any atom is 0.257 e. The molecule has 0 spiro atoms. The minimum atomic E-state index is -0.441. The minimum Gasteiger partial charge on any atom is -0.392 e. The zero-order chi connectivity index (χ0) is 14.5. The molecule has 1 aliphatic rings. The van der Waals surface area contributed by atoms with Gasteiger partial charge in [-0.3, -0.25) is 19.8 Å². The summed E-state index contributed by atoms with van der Waals surface area (Å²) in [7, 11) is 0. The van der Waals surface area contributed by atoms with E-state index in [0.717, 1.165) is 19.4 Å². The van der Waals surface area contributed by atoms with Gasteiger partial charge in [-0.05, 0) is 43.7 Å². The van der Waals surface area contributed by atoms with Gasteiger partial charge in [-0.2, -0.15) is 0 Å². The number of nitrogens with one attached hydrogen (secondary N) is 1. The van der Waals surface area contributed by atoms with Crippen LogP contribution in [0, 0.1) is 0 Å². The van der Waals surface area contributed by atoms with Crippen molar-refractivity contribution in [1.82, 2.24) is 10.2 Å². The first-order chi connectivity index (χ1) is 9.54. The lowest BCUT2D eigenvalue weighted by Crippen LogP contribution is -2.45. The Balaban J connectivity index is 1.84. The van der Waals surface area contributed by atoms with Crippen molar-refractivity contribution in [3.05, 3.63) is 34.9 Å². The number of hydrogen-bond acceptors (Lipinski definition) is 4. The number of carbonyl (C=O) groups is 2. The van der Waals surface area contributed by atoms with E-state index in [1.165, 1.54) is 0 Å². The van der Waals surface area contributed by atoms with Gasteiger partial charge >= 0.3 is 0 Å². The first-order valence-electron chi connectivity index (χ1n) is 6.55. The third-order valence-electron chi connectivity index (χ3n) is 3.21. The molecule has 0 bridgehead atoms. The number of β-amino-alcohol motifs (C(OH)–C–C–N with tert-alkyl or cyclic N) is 1. The summed E-state index contributed by atoms with van der Waals surface area (Å²) >= 11 is 5.74. The van der Waals surface area contributed by atoms with Crippen LogP contribution in [0.25, 0.3) is 0 Å². The Morgan fingerprint density at radius 1 is 1.35 bits per heavy atom. The molecule has 2 amide bonds. The Kier molecular flexibility index (Phi) is 5.11. The van der Waals surface area contributed by atoms with Crippen LogP contribution in [0.2, 0.25) is 5.02 Å². The predicted molar refractivity (Wildman–Crippen MR) is 75.6 cm³/mol. The summed E-state index contributed by atoms with van der Waals surface area (Å²) in [6.07, 6.45) is 1.24. The second kappa shape index (κ2) is 6.83. The molecule has 0 saturated carbocycles. The molecule has 1 atom stereocenters. The van der Waals surface area contributed by atoms with E-state index in [1.54, 1.807) is 24.3 Å². The Hall–Kier alpha value is -1.43. The van der Waals surface area contributed by atoms with E-state index < -0.39 is 5.91 Å². The number of imide groups is 1. The van der Waals surface area contributed by atoms with Crippen LogP contribution in [0.15, 0.2) is 24.3 Å². The summed E-state index contributed by atoms with van der Waals surface area (Å²) < 4.78 is 0. The molecule has 0 aliphatic carbocycles. The normalized spacial score (nSPS) is 19.6. The lowest BCUT2D eigenvalue weighted by molar-refractivity contribution is -0.121. The second-order valence-corrected chi connectivity index (χ2v) is 5.35. The fourth-order valence-electron chi connectivity index (χ4n) is 2.22. The second-order valence-electron chi connectivity index (χ2n) is 4.92. The molecular formula is C14H17ClN2O3. The topological polar surface area (TPSA) is 69.6 Å². The number of hydrogen-bond donors (Lipinski definition) is 2. The van der Waals surface area contributed by atoms with Crippen molar-refractivity contribution in [3.63, 3.8) is 0 Å². The molecule has 2 N–H and O–H groups in total. The first kappa shape index (κ1) is 15.0. The molecule has 2 rings (SSSR count). The van der Waals surface area contributed by atoms with Crippen LogP contribution in [-0.4, -0.2) is 47.6 Å². The zero-order valence-electron chi connectivity index (χ0n) is 11.0. The number of aliphatic hydroxyl groups excluding tert-OH is 1. The molecule has 1 fully saturated rings. The van der Waals surface area contributed by atoms with Crippen molar-refractivity contribution < 1.29 is 14.7 Å². The van der Waals surface area contributed by atoms with Gasteiger partial charge < -0.3 is 5.11 Å². The van der Waals surface area contributed by atoms with E-state index in [1.807, 2.05) is 4.90 Å². The summed E-state index contributed by atoms with van der Waals surface area (Å²) in [6.45, 7) is 1.36. The van der Waals surface area contributed by atoms with Gasteiger partial charge in [-0.1, -0.05) is 11.6 Å². The Morgan fingerprint density at radius 2 is 2.05 bits per heavy atom. The lowest BCUT2D eigenvalue weighted by Gasteiger charge is -2.29. The Bertz CT molecular complexity index is 490. The van der Waals surface area contributed by atoms with Crippen LogP contribution in [0.5, 0.6) is 0 Å². The quantitative estimate of drug-likeness (QED) is 0.875. The number of halogens is 1. The van der Waals surface area contributed by atoms with E-state index >= 15 is 0 Å². The molecule has 1 aromatic carbocycles. The van der Waals surface area contributed by atoms with Gasteiger partial charge in [0.25, 0.3) is 5.91 Å². The molecule has 108 valence electrons. The highest BCUT2D eigenvalue weighted by Gasteiger charge is 2.20. The smallest absolute Gasteiger partial charge is 0.257 e. The van der Waals surface area contributed by atoms with Crippen molar-refractivity contribution >= 4 is 23.4 Å². The monoisotopic (exact) mass is 296 g/mol. The van der Waals surface area contributed by atoms with Gasteiger partial charge in [0.05, 0.1) is 12.6 Å². The highest BCUT2D eigenvalue weighted by Crippen LogP contribution is 2.10. The number of rotatable bonds is 3. The molecule has 1 saturated heterocycles. The largest absolute Gasteiger partial charge is 0.392 e. The van der Waals surface area contributed by atoms with Gasteiger partial charge in [0.15, 0.2) is 0 Å². The molecule has 1 aliphatic heterocycles. The fraction of sp³-hybridized carbons (Fsp3) is 0.429. The summed E-state index contributed by atoms with van der Waals surface area (Å²) in [4.78, 5) is 25.5. The van der Waals surface area contributed by atoms with Gasteiger partial charge in [-0.15, -0.1) is 0 Å². The zero-order valence-corrected chi connectivity index (χ0v) is 11.8. The number of carbonyl (C=O) groups excluding carboxylic acids is 2. The molecule has 20 heavy (non-hydrogen) atoms. The summed E-state index contributed by atoms with van der Waals surface area (Å²) in [5.41, 5.74) is 0.390. The average Bonchev–Trinajstić information content (AvgIpc) is 2.39. The van der Waals surface area contributed by atoms with Gasteiger partial charge in [0.1, 0.15) is 0 Å². The van der Waals surface area contributed by atoms with Gasteiger partial charge in [-0.25, -0.2) is 0 Å². The van der Waals surface area contributed by atoms with E-state index in [9.17, 15) is 14.7 Å². The molecule has 0 radical (unpaired) electrons. The molecule has 1 heterocycles. The van der Waals surface area contributed by atoms with E-state index in [0.29, 0.717) is 17.1 Å². The third kappa shape index (κ3) is 4.30. The highest BCUT2D eigenvalue weighted by molar-refractivity contribution is 6.30. The number of likely N-dealkylation sites (tertiary alicyclic amines) is 1. The Morgan fingerprint density at radius 3 is 2.70 bits per heavy atom. The van der Waals surface area contributed by atoms with Crippen molar-refractivity contribution in [2.24, 2.45) is 0 Å². The van der Waals surface area contributed by atoms with E-state index in [-0.39, 0.29) is 18.6 Å². The predicted octanol–water partition coefficient (Wildman–Crippen LogP) is 1.05. The molecule has 5 nitrogen and oxygen atoms in total. The average molecular weight is 297 g/mol. The van der Waals surface area contributed by atoms with Crippen LogP contribution in [-0.2, 0) is 4.79 Å². The lowest BCUT2D eigenvalue weighted by atomic mass is 10.1. The maximum atomic E-state index is 11.8. The number of benzene rings is 1. The van der Waals surface area contributed by atoms with Crippen molar-refractivity contribution in [1.29, 1.82) is 0 Å². The number of nitrogens with zero attached hydrogens (tertiary/aromatic N) is 1. The first-order valence-corrected chi connectivity index (χ1v) is 6.92. The fourth-order valence-corrected chi connectivity index (χ4v) is 2.34. The van der Waals surface area contributed by atoms with Crippen LogP contribution < -0.4 is 5.32 Å². The summed E-state index contributed by atoms with van der Waals surface area (Å²) in [5, 5.41) is 12.4. The van der Waals surface area contributed by atoms with Crippen LogP contribution in [0.1, 0.15) is 23.2 Å². The van der Waals surface area contributed by atoms with Crippen molar-refractivity contribution in [3.8, 4) is 0 Å². The standard InChI is InChI=1S/C14H17ClN2O3/c15-11-5-3-10(4-6-11)14(20)16-13(19)9-17-7-1-2-12(18)8-17/h3-6,12,18H,1-2,7-9H2,(H,16,19,20)/t12-/m0/s1. The van der Waals surface area contributed by atoms with E-state index in [2.05, 4.69) is 5.32 Å². The molecule has 6 heteroatoms. The SMILES string of the molecule is O=C(CN1CCC[C@H](O)C1)NC(=O)c1ccc(Cl)cc1. The Labute approximate surface area is 122 Å². The summed E-state index contributed by atoms with van der Waals surface area (Å²) in [6, 6.07) is 6.33. The van der Waals surface area contributed by atoms with Gasteiger partial charge in [0.2, 0.25) is 5.91 Å². The number of amides is 2. The van der Waals surface area contributed by atoms with Gasteiger partial charge in [0, 0.05) is 17.1 Å². The summed E-state index contributed by atoms with van der Waals surface area (Å²) in [5.74, 6) is -0.803. The van der Waals surface area contributed by atoms with Crippen molar-refractivity contribution in [2.75, 3.05) is 19.6 Å². The van der Waals surface area contributed by atoms with Crippen LogP contribution in [0.3, 0.4) is 0 Å². The number of piperidine rings is 1. The molecular weight excluding hydrogens is 280 g/mol. The van der Waals surface area contributed by atoms with Crippen LogP contribution in [0.4, 0.5) is 0 Å². The third-order valence-corrected chi connectivity index (χ3v) is 3.46. The molecule has 0 unspecified atom stereocenters. The number of aliphatic hydroxyl groups is 1. The van der Waals surface area contributed by atoms with E-state index in [4.69, 9.17) is 11.6 Å².